The summed E-state index contributed by atoms with van der Waals surface area (Å²) in [5.74, 6) is 0.758. The Hall–Kier alpha value is -0.430. The van der Waals surface area contributed by atoms with E-state index in [0.29, 0.717) is 19.1 Å². The molecule has 0 amide bonds. The van der Waals surface area contributed by atoms with Gasteiger partial charge in [0.15, 0.2) is 5.96 Å². The molecular weight excluding hydrogens is 485 g/mol. The number of rotatable bonds is 8. The molecule has 0 saturated carbocycles. The normalized spacial score (nSPS) is 16.9. The van der Waals surface area contributed by atoms with Gasteiger partial charge in [0.05, 0.1) is 12.8 Å². The third-order valence-corrected chi connectivity index (χ3v) is 5.47. The summed E-state index contributed by atoms with van der Waals surface area (Å²) in [6.45, 7) is 6.71. The van der Waals surface area contributed by atoms with Crippen LogP contribution in [0.1, 0.15) is 25.3 Å². The summed E-state index contributed by atoms with van der Waals surface area (Å²) in [7, 11) is -3.15. The van der Waals surface area contributed by atoms with Crippen molar-refractivity contribution in [2.24, 2.45) is 4.99 Å². The topological polar surface area (TPSA) is 85.8 Å². The Morgan fingerprint density at radius 1 is 1.38 bits per heavy atom. The van der Waals surface area contributed by atoms with Crippen molar-refractivity contribution in [3.63, 3.8) is 0 Å². The Morgan fingerprint density at radius 2 is 2.12 bits per heavy atom. The number of aliphatic imine (C=N–C) groups is 1. The van der Waals surface area contributed by atoms with Crippen LogP contribution in [-0.2, 0) is 16.6 Å². The zero-order chi connectivity index (χ0) is 18.1. The van der Waals surface area contributed by atoms with Gasteiger partial charge in [-0.2, -0.15) is 11.3 Å². The number of likely N-dealkylation sites (tertiary alicyclic amines) is 1. The van der Waals surface area contributed by atoms with Crippen LogP contribution in [0.3, 0.4) is 0 Å². The predicted molar refractivity (Wildman–Crippen MR) is 120 cm³/mol. The number of piperidine rings is 1. The zero-order valence-corrected chi connectivity index (χ0v) is 19.4. The molecule has 1 fully saturated rings. The Labute approximate surface area is 178 Å². The van der Waals surface area contributed by atoms with Crippen LogP contribution in [0, 0.1) is 0 Å². The van der Waals surface area contributed by atoms with Gasteiger partial charge in [0, 0.05) is 38.8 Å². The molecule has 7 nitrogen and oxygen atoms in total. The fourth-order valence-electron chi connectivity index (χ4n) is 2.79. The highest BCUT2D eigenvalue weighted by molar-refractivity contribution is 14.0. The largest absolute Gasteiger partial charge is 0.357 e. The summed E-state index contributed by atoms with van der Waals surface area (Å²) in [5.41, 5.74) is 1.39. The smallest absolute Gasteiger partial charge is 0.208 e. The molecule has 1 aromatic rings. The molecule has 0 spiro atoms. The summed E-state index contributed by atoms with van der Waals surface area (Å²) in [4.78, 5) is 6.93. The van der Waals surface area contributed by atoms with Gasteiger partial charge in [-0.3, -0.25) is 9.89 Å². The Balaban J connectivity index is 0.00000338. The van der Waals surface area contributed by atoms with Crippen LogP contribution in [0.5, 0.6) is 0 Å². The fourth-order valence-corrected chi connectivity index (χ4v) is 3.91. The summed E-state index contributed by atoms with van der Waals surface area (Å²) < 4.78 is 24.6. The molecule has 1 aliphatic rings. The van der Waals surface area contributed by atoms with E-state index >= 15 is 0 Å². The number of halogens is 1. The number of nitrogens with one attached hydrogen (secondary N) is 3. The first-order valence-corrected chi connectivity index (χ1v) is 11.5. The lowest BCUT2D eigenvalue weighted by atomic mass is 10.0. The molecular formula is C16H30IN5O2S2. The number of nitrogens with zero attached hydrogens (tertiary/aromatic N) is 2. The minimum absolute atomic E-state index is 0. The summed E-state index contributed by atoms with van der Waals surface area (Å²) in [6, 6.07) is 2.59. The third kappa shape index (κ3) is 9.49. The molecule has 3 N–H and O–H groups in total. The molecule has 2 heterocycles. The van der Waals surface area contributed by atoms with Crippen molar-refractivity contribution in [1.29, 1.82) is 0 Å². The average Bonchev–Trinajstić information content (AvgIpc) is 3.05. The highest BCUT2D eigenvalue weighted by Gasteiger charge is 2.20. The zero-order valence-electron chi connectivity index (χ0n) is 15.4. The highest BCUT2D eigenvalue weighted by Crippen LogP contribution is 2.15. The summed E-state index contributed by atoms with van der Waals surface area (Å²) >= 11 is 1.75. The Bertz CT molecular complexity index is 629. The predicted octanol–water partition coefficient (Wildman–Crippen LogP) is 1.43. The standard InChI is InChI=1S/C16H29N5O2S2.HI/c1-3-17-16(18-7-8-19-25(2,22)23)20-15-4-9-21(10-5-15)12-14-6-11-24-13-14;/h6,11,13,15,19H,3-5,7-10,12H2,1-2H3,(H2,17,18,20);1H. The quantitative estimate of drug-likeness (QED) is 0.211. The molecule has 26 heavy (non-hydrogen) atoms. The van der Waals surface area contributed by atoms with Crippen LogP contribution in [0.4, 0.5) is 0 Å². The van der Waals surface area contributed by atoms with E-state index in [1.807, 2.05) is 6.92 Å². The third-order valence-electron chi connectivity index (χ3n) is 4.00. The van der Waals surface area contributed by atoms with E-state index in [0.717, 1.165) is 51.2 Å². The number of sulfonamides is 1. The van der Waals surface area contributed by atoms with E-state index in [-0.39, 0.29) is 24.0 Å². The van der Waals surface area contributed by atoms with Crippen molar-refractivity contribution in [1.82, 2.24) is 20.3 Å². The van der Waals surface area contributed by atoms with Crippen LogP contribution in [0.25, 0.3) is 0 Å². The maximum atomic E-state index is 11.1. The van der Waals surface area contributed by atoms with Gasteiger partial charge >= 0.3 is 0 Å². The lowest BCUT2D eigenvalue weighted by Crippen LogP contribution is -2.48. The van der Waals surface area contributed by atoms with Crippen molar-refractivity contribution >= 4 is 51.3 Å². The number of thiophene rings is 1. The second-order valence-corrected chi connectivity index (χ2v) is 8.87. The first-order chi connectivity index (χ1) is 12.0. The van der Waals surface area contributed by atoms with Gasteiger partial charge in [-0.1, -0.05) is 0 Å². The molecule has 0 aromatic carbocycles. The first kappa shape index (κ1) is 23.6. The van der Waals surface area contributed by atoms with Gasteiger partial charge in [0.2, 0.25) is 10.0 Å². The van der Waals surface area contributed by atoms with Gasteiger partial charge in [-0.05, 0) is 42.2 Å². The minimum Gasteiger partial charge on any atom is -0.357 e. The fraction of sp³-hybridized carbons (Fsp3) is 0.688. The van der Waals surface area contributed by atoms with Crippen LogP contribution in [0.2, 0.25) is 0 Å². The van der Waals surface area contributed by atoms with Gasteiger partial charge in [0.25, 0.3) is 0 Å². The molecule has 0 aliphatic carbocycles. The van der Waals surface area contributed by atoms with Crippen molar-refractivity contribution in [2.45, 2.75) is 32.4 Å². The molecule has 1 saturated heterocycles. The van der Waals surface area contributed by atoms with Crippen LogP contribution in [0.15, 0.2) is 21.8 Å². The SMILES string of the molecule is CCNC(=NCCNS(C)(=O)=O)NC1CCN(Cc2ccsc2)CC1.I. The van der Waals surface area contributed by atoms with Gasteiger partial charge in [-0.15, -0.1) is 24.0 Å². The molecule has 1 aromatic heterocycles. The van der Waals surface area contributed by atoms with E-state index < -0.39 is 10.0 Å². The Kier molecular flexibility index (Phi) is 11.0. The first-order valence-electron chi connectivity index (χ1n) is 8.69. The van der Waals surface area contributed by atoms with E-state index in [1.54, 1.807) is 11.3 Å². The summed E-state index contributed by atoms with van der Waals surface area (Å²) in [5, 5.41) is 11.0. The lowest BCUT2D eigenvalue weighted by Gasteiger charge is -2.33. The number of hydrogen-bond donors (Lipinski definition) is 3. The lowest BCUT2D eigenvalue weighted by molar-refractivity contribution is 0.198. The van der Waals surface area contributed by atoms with Gasteiger partial charge < -0.3 is 10.6 Å². The van der Waals surface area contributed by atoms with Crippen LogP contribution < -0.4 is 15.4 Å². The van der Waals surface area contributed by atoms with E-state index in [9.17, 15) is 8.42 Å². The monoisotopic (exact) mass is 515 g/mol. The van der Waals surface area contributed by atoms with E-state index in [1.165, 1.54) is 5.56 Å². The number of hydrogen-bond acceptors (Lipinski definition) is 5. The van der Waals surface area contributed by atoms with Crippen molar-refractivity contribution in [3.8, 4) is 0 Å². The molecule has 150 valence electrons. The Morgan fingerprint density at radius 3 is 2.69 bits per heavy atom. The molecule has 10 heteroatoms. The van der Waals surface area contributed by atoms with Crippen LogP contribution in [-0.4, -0.2) is 64.3 Å². The molecule has 2 rings (SSSR count). The minimum atomic E-state index is -3.15. The van der Waals surface area contributed by atoms with Gasteiger partial charge in [-0.25, -0.2) is 13.1 Å². The van der Waals surface area contributed by atoms with Crippen LogP contribution >= 0.6 is 35.3 Å². The molecule has 0 unspecified atom stereocenters. The van der Waals surface area contributed by atoms with Gasteiger partial charge in [0.1, 0.15) is 0 Å². The van der Waals surface area contributed by atoms with E-state index in [4.69, 9.17) is 0 Å². The molecule has 0 atom stereocenters. The maximum Gasteiger partial charge on any atom is 0.208 e. The summed E-state index contributed by atoms with van der Waals surface area (Å²) in [6.07, 6.45) is 3.32. The molecule has 1 aliphatic heterocycles. The van der Waals surface area contributed by atoms with Crippen molar-refractivity contribution in [3.05, 3.63) is 22.4 Å². The molecule has 0 radical (unpaired) electrons. The van der Waals surface area contributed by atoms with E-state index in [2.05, 4.69) is 42.1 Å². The second kappa shape index (κ2) is 12.1. The highest BCUT2D eigenvalue weighted by atomic mass is 127. The maximum absolute atomic E-state index is 11.1. The number of guanidine groups is 1. The second-order valence-electron chi connectivity index (χ2n) is 6.25. The molecule has 0 bridgehead atoms. The van der Waals surface area contributed by atoms with Crippen molar-refractivity contribution < 1.29 is 8.42 Å². The average molecular weight is 515 g/mol. The van der Waals surface area contributed by atoms with Crippen molar-refractivity contribution in [2.75, 3.05) is 39.0 Å².